The van der Waals surface area contributed by atoms with E-state index in [2.05, 4.69) is 10.3 Å². The van der Waals surface area contributed by atoms with Crippen LogP contribution in [0.25, 0.3) is 10.9 Å². The van der Waals surface area contributed by atoms with Gasteiger partial charge >= 0.3 is 6.09 Å². The molecule has 0 fully saturated rings. The van der Waals surface area contributed by atoms with Gasteiger partial charge in [-0.3, -0.25) is 10.3 Å². The van der Waals surface area contributed by atoms with Crippen molar-refractivity contribution in [1.29, 1.82) is 0 Å². The Morgan fingerprint density at radius 1 is 1.25 bits per heavy atom. The van der Waals surface area contributed by atoms with Crippen molar-refractivity contribution in [2.24, 2.45) is 0 Å². The molecule has 0 bridgehead atoms. The van der Waals surface area contributed by atoms with Gasteiger partial charge in [0.15, 0.2) is 0 Å². The van der Waals surface area contributed by atoms with E-state index >= 15 is 0 Å². The first-order valence-corrected chi connectivity index (χ1v) is 6.63. The minimum absolute atomic E-state index is 0.453. The molecule has 106 valence electrons. The molecule has 0 saturated carbocycles. The number of carbonyl (C=O) groups excluding carboxylic acids is 1. The molecule has 1 aromatic carbocycles. The third-order valence-electron chi connectivity index (χ3n) is 2.80. The first-order chi connectivity index (χ1) is 9.26. The van der Waals surface area contributed by atoms with Gasteiger partial charge < -0.3 is 4.74 Å². The number of aromatic nitrogens is 1. The standard InChI is InChI=1S/C16H20N2O2/c1-10-7-6-8-12-13(9-11(2)17-14(10)12)18-15(19)20-16(3,4)5/h6-9H,1-5H3,(H,17,18,19). The number of aryl methyl sites for hydroxylation is 2. The summed E-state index contributed by atoms with van der Waals surface area (Å²) in [5.41, 5.74) is 3.05. The molecule has 0 aliphatic heterocycles. The second-order valence-electron chi connectivity index (χ2n) is 5.91. The molecule has 0 spiro atoms. The molecule has 4 heteroatoms. The summed E-state index contributed by atoms with van der Waals surface area (Å²) in [6.45, 7) is 9.43. The number of pyridine rings is 1. The van der Waals surface area contributed by atoms with Gasteiger partial charge in [0, 0.05) is 11.1 Å². The van der Waals surface area contributed by atoms with Crippen molar-refractivity contribution in [3.05, 3.63) is 35.5 Å². The summed E-state index contributed by atoms with van der Waals surface area (Å²) in [4.78, 5) is 16.4. The largest absolute Gasteiger partial charge is 0.444 e. The van der Waals surface area contributed by atoms with E-state index in [9.17, 15) is 4.79 Å². The van der Waals surface area contributed by atoms with Crippen LogP contribution in [0.2, 0.25) is 0 Å². The highest BCUT2D eigenvalue weighted by atomic mass is 16.6. The van der Waals surface area contributed by atoms with Crippen LogP contribution >= 0.6 is 0 Å². The lowest BCUT2D eigenvalue weighted by atomic mass is 10.1. The van der Waals surface area contributed by atoms with Crippen molar-refractivity contribution < 1.29 is 9.53 Å². The van der Waals surface area contributed by atoms with Crippen molar-refractivity contribution in [2.45, 2.75) is 40.2 Å². The smallest absolute Gasteiger partial charge is 0.412 e. The molecule has 1 aromatic heterocycles. The Morgan fingerprint density at radius 2 is 1.95 bits per heavy atom. The molecule has 0 unspecified atom stereocenters. The molecule has 4 nitrogen and oxygen atoms in total. The van der Waals surface area contributed by atoms with Crippen LogP contribution in [0.3, 0.4) is 0 Å². The lowest BCUT2D eigenvalue weighted by Crippen LogP contribution is -2.27. The number of ether oxygens (including phenoxy) is 1. The van der Waals surface area contributed by atoms with Gasteiger partial charge in [0.25, 0.3) is 0 Å². The van der Waals surface area contributed by atoms with Gasteiger partial charge in [-0.2, -0.15) is 0 Å². The predicted molar refractivity (Wildman–Crippen MR) is 81.1 cm³/mol. The predicted octanol–water partition coefficient (Wildman–Crippen LogP) is 4.20. The maximum atomic E-state index is 11.9. The second kappa shape index (κ2) is 5.12. The molecule has 1 heterocycles. The summed E-state index contributed by atoms with van der Waals surface area (Å²) in [5, 5.41) is 3.73. The molecule has 0 aliphatic rings. The van der Waals surface area contributed by atoms with Gasteiger partial charge in [-0.05, 0) is 46.2 Å². The number of nitrogens with zero attached hydrogens (tertiary/aromatic N) is 1. The monoisotopic (exact) mass is 272 g/mol. The number of rotatable bonds is 1. The lowest BCUT2D eigenvalue weighted by Gasteiger charge is -2.20. The van der Waals surface area contributed by atoms with E-state index in [-0.39, 0.29) is 0 Å². The highest BCUT2D eigenvalue weighted by molar-refractivity contribution is 5.99. The topological polar surface area (TPSA) is 51.2 Å². The normalized spacial score (nSPS) is 11.4. The molecule has 1 N–H and O–H groups in total. The maximum absolute atomic E-state index is 11.9. The molecular weight excluding hydrogens is 252 g/mol. The van der Waals surface area contributed by atoms with Crippen LogP contribution in [-0.4, -0.2) is 16.7 Å². The van der Waals surface area contributed by atoms with Crippen molar-refractivity contribution >= 4 is 22.7 Å². The fourth-order valence-electron chi connectivity index (χ4n) is 2.04. The minimum Gasteiger partial charge on any atom is -0.444 e. The Labute approximate surface area is 119 Å². The van der Waals surface area contributed by atoms with Crippen LogP contribution in [-0.2, 0) is 4.74 Å². The van der Waals surface area contributed by atoms with Crippen molar-refractivity contribution in [1.82, 2.24) is 4.98 Å². The van der Waals surface area contributed by atoms with Crippen LogP contribution in [0.4, 0.5) is 10.5 Å². The molecule has 0 saturated heterocycles. The molecule has 1 amide bonds. The van der Waals surface area contributed by atoms with Gasteiger partial charge in [0.05, 0.1) is 11.2 Å². The fraction of sp³-hybridized carbons (Fsp3) is 0.375. The first kappa shape index (κ1) is 14.3. The third-order valence-corrected chi connectivity index (χ3v) is 2.80. The van der Waals surface area contributed by atoms with Gasteiger partial charge in [0.1, 0.15) is 5.60 Å². The number of nitrogens with one attached hydrogen (secondary N) is 1. The van der Waals surface area contributed by atoms with E-state index in [1.165, 1.54) is 0 Å². The molecular formula is C16H20N2O2. The highest BCUT2D eigenvalue weighted by Crippen LogP contribution is 2.25. The minimum atomic E-state index is -0.516. The Balaban J connectivity index is 2.40. The molecule has 20 heavy (non-hydrogen) atoms. The van der Waals surface area contributed by atoms with Crippen LogP contribution in [0.1, 0.15) is 32.0 Å². The fourth-order valence-corrected chi connectivity index (χ4v) is 2.04. The SMILES string of the molecule is Cc1cc(NC(=O)OC(C)(C)C)c2cccc(C)c2n1. The lowest BCUT2D eigenvalue weighted by molar-refractivity contribution is 0.0636. The summed E-state index contributed by atoms with van der Waals surface area (Å²) < 4.78 is 5.29. The summed E-state index contributed by atoms with van der Waals surface area (Å²) >= 11 is 0. The zero-order valence-corrected chi connectivity index (χ0v) is 12.6. The number of carbonyl (C=O) groups is 1. The molecule has 2 aromatic rings. The number of amides is 1. The van der Waals surface area contributed by atoms with Crippen LogP contribution in [0, 0.1) is 13.8 Å². The van der Waals surface area contributed by atoms with Crippen molar-refractivity contribution in [3.8, 4) is 0 Å². The average molecular weight is 272 g/mol. The number of para-hydroxylation sites is 1. The molecule has 0 radical (unpaired) electrons. The zero-order valence-electron chi connectivity index (χ0n) is 12.6. The maximum Gasteiger partial charge on any atom is 0.412 e. The zero-order chi connectivity index (χ0) is 14.9. The summed E-state index contributed by atoms with van der Waals surface area (Å²) in [6.07, 6.45) is -0.453. The van der Waals surface area contributed by atoms with Gasteiger partial charge in [-0.1, -0.05) is 18.2 Å². The quantitative estimate of drug-likeness (QED) is 0.846. The number of anilines is 1. The average Bonchev–Trinajstić information content (AvgIpc) is 2.28. The molecule has 0 aliphatic carbocycles. The Hall–Kier alpha value is -2.10. The second-order valence-corrected chi connectivity index (χ2v) is 5.91. The van der Waals surface area contributed by atoms with Crippen molar-refractivity contribution in [3.63, 3.8) is 0 Å². The molecule has 2 rings (SSSR count). The number of hydrogen-bond donors (Lipinski definition) is 1. The molecule has 0 atom stereocenters. The highest BCUT2D eigenvalue weighted by Gasteiger charge is 2.17. The van der Waals surface area contributed by atoms with Crippen LogP contribution < -0.4 is 5.32 Å². The van der Waals surface area contributed by atoms with E-state index in [0.29, 0.717) is 0 Å². The van der Waals surface area contributed by atoms with E-state index in [4.69, 9.17) is 4.74 Å². The van der Waals surface area contributed by atoms with E-state index in [0.717, 1.165) is 27.8 Å². The van der Waals surface area contributed by atoms with Gasteiger partial charge in [-0.15, -0.1) is 0 Å². The summed E-state index contributed by atoms with van der Waals surface area (Å²) in [7, 11) is 0. The summed E-state index contributed by atoms with van der Waals surface area (Å²) in [6, 6.07) is 7.76. The Bertz CT molecular complexity index is 657. The van der Waals surface area contributed by atoms with Crippen molar-refractivity contribution in [2.75, 3.05) is 5.32 Å². The van der Waals surface area contributed by atoms with Crippen LogP contribution in [0.5, 0.6) is 0 Å². The van der Waals surface area contributed by atoms with E-state index in [1.54, 1.807) is 0 Å². The number of benzene rings is 1. The van der Waals surface area contributed by atoms with Gasteiger partial charge in [0.2, 0.25) is 0 Å². The van der Waals surface area contributed by atoms with Gasteiger partial charge in [-0.25, -0.2) is 4.79 Å². The third kappa shape index (κ3) is 3.26. The Kier molecular flexibility index (Phi) is 3.66. The first-order valence-electron chi connectivity index (χ1n) is 6.63. The van der Waals surface area contributed by atoms with E-state index in [1.807, 2.05) is 58.9 Å². The van der Waals surface area contributed by atoms with E-state index < -0.39 is 11.7 Å². The number of hydrogen-bond acceptors (Lipinski definition) is 3. The number of fused-ring (bicyclic) bond motifs is 1. The Morgan fingerprint density at radius 3 is 2.60 bits per heavy atom. The summed E-state index contributed by atoms with van der Waals surface area (Å²) in [5.74, 6) is 0. The van der Waals surface area contributed by atoms with Crippen LogP contribution in [0.15, 0.2) is 24.3 Å².